The van der Waals surface area contributed by atoms with E-state index < -0.39 is 0 Å². The predicted octanol–water partition coefficient (Wildman–Crippen LogP) is 27.6. The van der Waals surface area contributed by atoms with E-state index in [0.29, 0.717) is 26.4 Å². The van der Waals surface area contributed by atoms with Crippen LogP contribution < -0.4 is 19.6 Å². The van der Waals surface area contributed by atoms with E-state index in [0.717, 1.165) is 156 Å². The molecule has 3 aliphatic rings. The second kappa shape index (κ2) is 34.4. The largest absolute Gasteiger partial charge is 0.346 e. The van der Waals surface area contributed by atoms with E-state index in [4.69, 9.17) is 18.9 Å². The lowest BCUT2D eigenvalue weighted by Crippen LogP contribution is -2.25. The smallest absolute Gasteiger partial charge is 0.184 e. The highest BCUT2D eigenvalue weighted by Crippen LogP contribution is 2.56. The molecule has 2 fully saturated rings. The molecule has 8 heteroatoms. The molecule has 0 amide bonds. The summed E-state index contributed by atoms with van der Waals surface area (Å²) in [7, 11) is 0. The Morgan fingerprint density at radius 1 is 0.225 bits per heavy atom. The van der Waals surface area contributed by atoms with Gasteiger partial charge in [-0.25, -0.2) is 0 Å². The van der Waals surface area contributed by atoms with Crippen LogP contribution in [0.4, 0.5) is 68.2 Å². The molecular weight excluding hydrogens is 1360 g/mol. The van der Waals surface area contributed by atoms with Gasteiger partial charge in [-0.05, 0) is 252 Å². The van der Waals surface area contributed by atoms with E-state index in [1.807, 2.05) is 0 Å². The summed E-state index contributed by atoms with van der Waals surface area (Å²) in [4.78, 5) is 9.37. The fourth-order valence-electron chi connectivity index (χ4n) is 16.9. The van der Waals surface area contributed by atoms with Gasteiger partial charge in [-0.1, -0.05) is 245 Å². The lowest BCUT2D eigenvalue weighted by Gasteiger charge is -2.33. The summed E-state index contributed by atoms with van der Waals surface area (Å²) in [6.45, 7) is 2.48. The summed E-state index contributed by atoms with van der Waals surface area (Å²) in [6, 6.07) is 133. The maximum Gasteiger partial charge on any atom is 0.184 e. The average molecular weight is 1450 g/mol. The summed E-state index contributed by atoms with van der Waals surface area (Å²) >= 11 is 0. The molecule has 0 spiro atoms. The van der Waals surface area contributed by atoms with Crippen LogP contribution in [-0.2, 0) is 37.2 Å². The van der Waals surface area contributed by atoms with Gasteiger partial charge in [0.15, 0.2) is 12.6 Å². The Hall–Kier alpha value is -11.9. The molecule has 0 atom stereocenters. The first-order valence-electron chi connectivity index (χ1n) is 39.9. The summed E-state index contributed by atoms with van der Waals surface area (Å²) in [5, 5.41) is 0. The molecule has 0 bridgehead atoms. The Morgan fingerprint density at radius 2 is 0.459 bits per heavy atom. The Balaban J connectivity index is 0.657. The van der Waals surface area contributed by atoms with Crippen molar-refractivity contribution in [2.75, 3.05) is 46.0 Å². The van der Waals surface area contributed by atoms with E-state index in [-0.39, 0.29) is 18.0 Å². The number of aryl methyl sites for hydroxylation is 2. The summed E-state index contributed by atoms with van der Waals surface area (Å²) in [6.07, 6.45) is 12.7. The van der Waals surface area contributed by atoms with E-state index in [1.54, 1.807) is 0 Å². The molecule has 17 rings (SSSR count). The molecule has 111 heavy (non-hydrogen) atoms. The SMILES string of the molecule is c1ccc(N(c2ccccc2)c2ccc(-c3ccc4c(c3)C(CCCCCCc3ccc(N(c5ccccc5)c5ccc(C6OCCO6)cc5)cc3)(CCCCCCc3ccc(N(c5ccccc5)c5ccc(C6OCCO6)cc5)cc3)c3cc(-c5ccc(N(c6ccccc6)c6ccccc6)cc5)ccc3-4)cc2)cc1. The molecule has 1 aliphatic carbocycles. The van der Waals surface area contributed by atoms with Gasteiger partial charge >= 0.3 is 0 Å². The molecular formula is C103H94N4O4. The van der Waals surface area contributed by atoms with E-state index in [2.05, 4.69) is 384 Å². The molecule has 550 valence electrons. The molecule has 2 saturated heterocycles. The van der Waals surface area contributed by atoms with Crippen LogP contribution in [0.25, 0.3) is 33.4 Å². The molecule has 8 nitrogen and oxygen atoms in total. The zero-order valence-corrected chi connectivity index (χ0v) is 63.0. The van der Waals surface area contributed by atoms with Crippen molar-refractivity contribution in [2.24, 2.45) is 0 Å². The first-order valence-corrected chi connectivity index (χ1v) is 39.9. The molecule has 2 heterocycles. The van der Waals surface area contributed by atoms with Crippen LogP contribution in [0.3, 0.4) is 0 Å². The fourth-order valence-corrected chi connectivity index (χ4v) is 16.9. The monoisotopic (exact) mass is 1450 g/mol. The van der Waals surface area contributed by atoms with Crippen LogP contribution in [0.2, 0.25) is 0 Å². The Bertz CT molecular complexity index is 4860. The highest BCUT2D eigenvalue weighted by Gasteiger charge is 2.43. The molecule has 2 aliphatic heterocycles. The number of benzene rings is 14. The number of hydrogen-bond acceptors (Lipinski definition) is 8. The van der Waals surface area contributed by atoms with Gasteiger partial charge in [0.1, 0.15) is 0 Å². The van der Waals surface area contributed by atoms with E-state index in [9.17, 15) is 0 Å². The zero-order chi connectivity index (χ0) is 74.4. The molecule has 0 radical (unpaired) electrons. The molecule has 0 aromatic heterocycles. The summed E-state index contributed by atoms with van der Waals surface area (Å²) < 4.78 is 23.4. The van der Waals surface area contributed by atoms with E-state index >= 15 is 0 Å². The minimum atomic E-state index is -0.308. The number of ether oxygens (including phenoxy) is 4. The minimum Gasteiger partial charge on any atom is -0.346 e. The third-order valence-corrected chi connectivity index (χ3v) is 22.5. The predicted molar refractivity (Wildman–Crippen MR) is 458 cm³/mol. The molecule has 14 aromatic carbocycles. The van der Waals surface area contributed by atoms with Gasteiger partial charge in [-0.15, -0.1) is 0 Å². The van der Waals surface area contributed by atoms with Crippen molar-refractivity contribution in [3.63, 3.8) is 0 Å². The normalized spacial score (nSPS) is 13.7. The number of fused-ring (bicyclic) bond motifs is 3. The van der Waals surface area contributed by atoms with Gasteiger partial charge in [0.2, 0.25) is 0 Å². The standard InChI is InChI=1S/C103H94N4O4/c1(11-27-77-41-55-91(56-42-77)106(89-37-21-9-22-38-89)95-63-49-81(50-64-95)101-108-71-72-109-101)3-25-69-103(70-26-4-2-12-28-78-43-57-92(58-44-78)107(90-39-23-10-24-40-90)96-65-51-82(52-66-96)102-110-73-74-111-102)99-75-83(79-45-59-93(60-46-79)104(85-29-13-5-14-30-85)86-31-15-6-16-32-86)53-67-97(99)98-68-54-84(76-100(98)103)80-47-61-94(62-48-80)105(87-33-17-7-18-34-87)88-35-19-8-20-36-88/h5-10,13-24,29-68,75-76,101-102H,1-4,11-12,25-28,69-74H2. The molecule has 0 N–H and O–H groups in total. The zero-order valence-electron chi connectivity index (χ0n) is 63.0. The topological polar surface area (TPSA) is 49.9 Å². The lowest BCUT2D eigenvalue weighted by molar-refractivity contribution is -0.0443. The van der Waals surface area contributed by atoms with Gasteiger partial charge in [-0.3, -0.25) is 0 Å². The van der Waals surface area contributed by atoms with Gasteiger partial charge in [0.05, 0.1) is 26.4 Å². The van der Waals surface area contributed by atoms with Crippen molar-refractivity contribution in [1.29, 1.82) is 0 Å². The van der Waals surface area contributed by atoms with Gasteiger partial charge in [0, 0.05) is 84.8 Å². The number of para-hydroxylation sites is 6. The van der Waals surface area contributed by atoms with Crippen molar-refractivity contribution in [3.8, 4) is 33.4 Å². The summed E-state index contributed by atoms with van der Waals surface area (Å²) in [5.74, 6) is 0. The van der Waals surface area contributed by atoms with Gasteiger partial charge in [-0.2, -0.15) is 0 Å². The number of nitrogens with zero attached hydrogens (tertiary/aromatic N) is 4. The number of anilines is 12. The van der Waals surface area contributed by atoms with Crippen molar-refractivity contribution < 1.29 is 18.9 Å². The van der Waals surface area contributed by atoms with Crippen LogP contribution in [0.1, 0.15) is 110 Å². The summed E-state index contributed by atoms with van der Waals surface area (Å²) in [5.41, 5.74) is 28.6. The lowest BCUT2D eigenvalue weighted by atomic mass is 9.70. The van der Waals surface area contributed by atoms with Crippen LogP contribution in [0, 0.1) is 0 Å². The first-order chi connectivity index (χ1) is 55.0. The number of unbranched alkanes of at least 4 members (excludes halogenated alkanes) is 6. The van der Waals surface area contributed by atoms with Crippen molar-refractivity contribution in [2.45, 2.75) is 95.0 Å². The minimum absolute atomic E-state index is 0.219. The third kappa shape index (κ3) is 16.3. The van der Waals surface area contributed by atoms with Crippen LogP contribution in [0.5, 0.6) is 0 Å². The molecule has 0 unspecified atom stereocenters. The highest BCUT2D eigenvalue weighted by atomic mass is 16.7. The number of hydrogen-bond donors (Lipinski definition) is 0. The fraction of sp³-hybridized carbons (Fsp3) is 0.184. The van der Waals surface area contributed by atoms with Crippen LogP contribution in [0.15, 0.2) is 364 Å². The third-order valence-electron chi connectivity index (χ3n) is 22.5. The second-order valence-electron chi connectivity index (χ2n) is 29.5. The Labute approximate surface area is 655 Å². The Morgan fingerprint density at radius 3 is 0.739 bits per heavy atom. The average Bonchev–Trinajstić information content (AvgIpc) is 1.56. The molecule has 0 saturated carbocycles. The van der Waals surface area contributed by atoms with Gasteiger partial charge in [0.25, 0.3) is 0 Å². The van der Waals surface area contributed by atoms with Crippen molar-refractivity contribution in [1.82, 2.24) is 0 Å². The van der Waals surface area contributed by atoms with Crippen molar-refractivity contribution >= 4 is 68.2 Å². The first kappa shape index (κ1) is 72.0. The van der Waals surface area contributed by atoms with E-state index in [1.165, 1.54) is 55.6 Å². The van der Waals surface area contributed by atoms with Crippen LogP contribution >= 0.6 is 0 Å². The van der Waals surface area contributed by atoms with Crippen LogP contribution in [-0.4, -0.2) is 26.4 Å². The maximum atomic E-state index is 5.84. The quantitative estimate of drug-likeness (QED) is 0.0413. The van der Waals surface area contributed by atoms with Gasteiger partial charge < -0.3 is 38.5 Å². The highest BCUT2D eigenvalue weighted by molar-refractivity contribution is 5.88. The maximum absolute atomic E-state index is 5.84. The van der Waals surface area contributed by atoms with Crippen molar-refractivity contribution in [3.05, 3.63) is 397 Å². The molecule has 14 aromatic rings. The Kier molecular flexibility index (Phi) is 22.3. The number of rotatable bonds is 30. The second-order valence-corrected chi connectivity index (χ2v) is 29.5.